The quantitative estimate of drug-likeness (QED) is 0.875. The van der Waals surface area contributed by atoms with Crippen molar-refractivity contribution in [1.29, 1.82) is 0 Å². The fraction of sp³-hybridized carbons (Fsp3) is 0.316. The summed E-state index contributed by atoms with van der Waals surface area (Å²) in [4.78, 5) is 12.2. The maximum Gasteiger partial charge on any atom is 0.238 e. The summed E-state index contributed by atoms with van der Waals surface area (Å²) < 4.78 is 25.1. The largest absolute Gasteiger partial charge is 0.351 e. The minimum Gasteiger partial charge on any atom is -0.351 e. The summed E-state index contributed by atoms with van der Waals surface area (Å²) >= 11 is 0. The van der Waals surface area contributed by atoms with Gasteiger partial charge in [-0.05, 0) is 37.5 Å². The average molecular weight is 345 g/mol. The van der Waals surface area contributed by atoms with Gasteiger partial charge < -0.3 is 5.32 Å². The van der Waals surface area contributed by atoms with Crippen LogP contribution in [-0.2, 0) is 26.9 Å². The smallest absolute Gasteiger partial charge is 0.238 e. The van der Waals surface area contributed by atoms with Crippen LogP contribution in [0, 0.1) is 13.8 Å². The lowest BCUT2D eigenvalue weighted by molar-refractivity contribution is -0.120. The molecule has 1 atom stereocenters. The van der Waals surface area contributed by atoms with E-state index in [0.29, 0.717) is 6.54 Å². The Morgan fingerprint density at radius 3 is 2.42 bits per heavy atom. The fourth-order valence-corrected chi connectivity index (χ4v) is 3.79. The Balaban J connectivity index is 2.05. The van der Waals surface area contributed by atoms with Crippen LogP contribution in [0.25, 0.3) is 0 Å². The van der Waals surface area contributed by atoms with E-state index in [2.05, 4.69) is 5.32 Å². The highest BCUT2D eigenvalue weighted by atomic mass is 32.2. The lowest BCUT2D eigenvalue weighted by Gasteiger charge is -2.15. The molecular formula is C19H23NO3S. The molecule has 0 heterocycles. The molecule has 0 aliphatic rings. The average Bonchev–Trinajstić information content (AvgIpc) is 2.56. The highest BCUT2D eigenvalue weighted by Gasteiger charge is 2.28. The minimum absolute atomic E-state index is 0.125. The molecule has 0 fully saturated rings. The second-order valence-corrected chi connectivity index (χ2v) is 8.40. The molecular weight excluding hydrogens is 322 g/mol. The van der Waals surface area contributed by atoms with Crippen LogP contribution in [0.15, 0.2) is 48.5 Å². The van der Waals surface area contributed by atoms with Gasteiger partial charge in [0.05, 0.1) is 5.75 Å². The molecule has 0 unspecified atom stereocenters. The third kappa shape index (κ3) is 4.68. The number of carbonyl (C=O) groups excluding carboxylic acids is 1. The summed E-state index contributed by atoms with van der Waals surface area (Å²) in [6, 6.07) is 15.1. The first kappa shape index (κ1) is 18.2. The van der Waals surface area contributed by atoms with Gasteiger partial charge in [0.1, 0.15) is 5.25 Å². The Morgan fingerprint density at radius 2 is 1.75 bits per heavy atom. The first-order valence-electron chi connectivity index (χ1n) is 7.89. The number of hydrogen-bond donors (Lipinski definition) is 1. The third-order valence-corrected chi connectivity index (χ3v) is 6.08. The molecule has 0 aliphatic carbocycles. The zero-order chi connectivity index (χ0) is 17.7. The van der Waals surface area contributed by atoms with Crippen LogP contribution in [0.4, 0.5) is 0 Å². The Morgan fingerprint density at radius 1 is 1.08 bits per heavy atom. The maximum atomic E-state index is 12.6. The molecule has 0 bridgehead atoms. The van der Waals surface area contributed by atoms with Gasteiger partial charge in [0, 0.05) is 6.54 Å². The lowest BCUT2D eigenvalue weighted by atomic mass is 10.1. The van der Waals surface area contributed by atoms with Crippen molar-refractivity contribution in [2.24, 2.45) is 0 Å². The molecule has 1 amide bonds. The maximum absolute atomic E-state index is 12.6. The second-order valence-electron chi connectivity index (χ2n) is 6.08. The summed E-state index contributed by atoms with van der Waals surface area (Å²) in [5.74, 6) is -0.593. The molecule has 0 aromatic heterocycles. The Hall–Kier alpha value is -2.14. The van der Waals surface area contributed by atoms with Crippen LogP contribution in [0.1, 0.15) is 29.2 Å². The molecule has 1 N–H and O–H groups in total. The van der Waals surface area contributed by atoms with Crippen molar-refractivity contribution >= 4 is 15.7 Å². The predicted octanol–water partition coefficient (Wildman–Crippen LogP) is 2.92. The number of aryl methyl sites for hydroxylation is 2. The molecule has 4 nitrogen and oxygen atoms in total. The Kier molecular flexibility index (Phi) is 5.78. The van der Waals surface area contributed by atoms with Gasteiger partial charge in [-0.2, -0.15) is 0 Å². The van der Waals surface area contributed by atoms with Gasteiger partial charge in [0.2, 0.25) is 5.91 Å². The van der Waals surface area contributed by atoms with Crippen LogP contribution in [0.3, 0.4) is 0 Å². The summed E-state index contributed by atoms with van der Waals surface area (Å²) in [5.41, 5.74) is 3.61. The molecule has 5 heteroatoms. The third-order valence-electron chi connectivity index (χ3n) is 4.08. The van der Waals surface area contributed by atoms with E-state index in [-0.39, 0.29) is 5.75 Å². The van der Waals surface area contributed by atoms with Crippen molar-refractivity contribution in [2.75, 3.05) is 0 Å². The van der Waals surface area contributed by atoms with Crippen LogP contribution >= 0.6 is 0 Å². The van der Waals surface area contributed by atoms with Crippen molar-refractivity contribution in [3.8, 4) is 0 Å². The van der Waals surface area contributed by atoms with Gasteiger partial charge >= 0.3 is 0 Å². The number of nitrogens with one attached hydrogen (secondary N) is 1. The summed E-state index contributed by atoms with van der Waals surface area (Å²) in [7, 11) is -3.57. The molecule has 2 aromatic rings. The van der Waals surface area contributed by atoms with Crippen molar-refractivity contribution in [3.63, 3.8) is 0 Å². The molecule has 128 valence electrons. The van der Waals surface area contributed by atoms with Crippen LogP contribution in [0.5, 0.6) is 0 Å². The highest BCUT2D eigenvalue weighted by Crippen LogP contribution is 2.17. The van der Waals surface area contributed by atoms with Crippen molar-refractivity contribution in [3.05, 3.63) is 70.8 Å². The zero-order valence-electron chi connectivity index (χ0n) is 14.2. The summed E-state index contributed by atoms with van der Waals surface area (Å²) in [6.45, 7) is 5.57. The Labute approximate surface area is 143 Å². The molecule has 0 saturated carbocycles. The first-order chi connectivity index (χ1) is 11.3. The van der Waals surface area contributed by atoms with E-state index in [4.69, 9.17) is 0 Å². The van der Waals surface area contributed by atoms with Crippen LogP contribution in [0.2, 0.25) is 0 Å². The topological polar surface area (TPSA) is 63.2 Å². The normalized spacial score (nSPS) is 12.6. The van der Waals surface area contributed by atoms with Crippen molar-refractivity contribution in [1.82, 2.24) is 5.32 Å². The fourth-order valence-electron chi connectivity index (χ4n) is 2.39. The van der Waals surface area contributed by atoms with E-state index in [9.17, 15) is 13.2 Å². The monoisotopic (exact) mass is 345 g/mol. The number of benzene rings is 2. The number of hydrogen-bond acceptors (Lipinski definition) is 3. The van der Waals surface area contributed by atoms with Crippen molar-refractivity contribution in [2.45, 2.75) is 38.3 Å². The standard InChI is InChI=1S/C19H23NO3S/c1-14-9-10-15(2)18(11-14)13-24(22,23)16(3)19(21)20-12-17-7-5-4-6-8-17/h4-11,16H,12-13H2,1-3H3,(H,20,21)/t16-/m1/s1. The Bertz CT molecular complexity index is 814. The molecule has 2 aromatic carbocycles. The number of amides is 1. The lowest BCUT2D eigenvalue weighted by Crippen LogP contribution is -2.38. The molecule has 0 spiro atoms. The second kappa shape index (κ2) is 7.62. The van der Waals surface area contributed by atoms with Gasteiger partial charge in [0.15, 0.2) is 9.84 Å². The van der Waals surface area contributed by atoms with Gasteiger partial charge in [-0.1, -0.05) is 54.1 Å². The molecule has 24 heavy (non-hydrogen) atoms. The van der Waals surface area contributed by atoms with Gasteiger partial charge in [-0.3, -0.25) is 4.79 Å². The summed E-state index contributed by atoms with van der Waals surface area (Å²) in [5, 5.41) is 1.62. The SMILES string of the molecule is Cc1ccc(C)c(CS(=O)(=O)[C@H](C)C(=O)NCc2ccccc2)c1. The van der Waals surface area contributed by atoms with E-state index in [1.54, 1.807) is 0 Å². The molecule has 0 saturated heterocycles. The summed E-state index contributed by atoms with van der Waals surface area (Å²) in [6.07, 6.45) is 0. The first-order valence-corrected chi connectivity index (χ1v) is 9.60. The van der Waals surface area contributed by atoms with Gasteiger partial charge in [-0.25, -0.2) is 8.42 Å². The van der Waals surface area contributed by atoms with E-state index >= 15 is 0 Å². The van der Waals surface area contributed by atoms with Gasteiger partial charge in [0.25, 0.3) is 0 Å². The number of carbonyl (C=O) groups is 1. The van der Waals surface area contributed by atoms with Crippen LogP contribution in [-0.4, -0.2) is 19.6 Å². The van der Waals surface area contributed by atoms with E-state index < -0.39 is 21.0 Å². The van der Waals surface area contributed by atoms with E-state index in [1.807, 2.05) is 62.4 Å². The molecule has 0 aliphatic heterocycles. The highest BCUT2D eigenvalue weighted by molar-refractivity contribution is 7.92. The number of rotatable bonds is 6. The number of sulfone groups is 1. The molecule has 2 rings (SSSR count). The van der Waals surface area contributed by atoms with Crippen molar-refractivity contribution < 1.29 is 13.2 Å². The van der Waals surface area contributed by atoms with E-state index in [0.717, 1.165) is 22.3 Å². The zero-order valence-corrected chi connectivity index (χ0v) is 15.1. The minimum atomic E-state index is -3.57. The predicted molar refractivity (Wildman–Crippen MR) is 96.3 cm³/mol. The van der Waals surface area contributed by atoms with E-state index in [1.165, 1.54) is 6.92 Å². The molecule has 0 radical (unpaired) electrons. The van der Waals surface area contributed by atoms with Crippen LogP contribution < -0.4 is 5.32 Å². The van der Waals surface area contributed by atoms with Gasteiger partial charge in [-0.15, -0.1) is 0 Å².